The smallest absolute Gasteiger partial charge is 0.187 e. The van der Waals surface area contributed by atoms with E-state index in [9.17, 15) is 19.8 Å². The van der Waals surface area contributed by atoms with E-state index in [4.69, 9.17) is 0 Å². The van der Waals surface area contributed by atoms with E-state index < -0.39 is 29.0 Å². The SMILES string of the molecule is CCC[C@]1(O)C(=O)C=CC2C1[C@@H]1C=C[C@H]2C(=O)[C@@]1(O)CCC. The predicted molar refractivity (Wildman–Crippen MR) is 82.0 cm³/mol. The predicted octanol–water partition coefficient (Wildman–Crippen LogP) is 1.80. The maximum Gasteiger partial charge on any atom is 0.187 e. The number of rotatable bonds is 4. The molecule has 4 rings (SSSR count). The van der Waals surface area contributed by atoms with E-state index in [0.29, 0.717) is 25.7 Å². The lowest BCUT2D eigenvalue weighted by molar-refractivity contribution is -0.182. The summed E-state index contributed by atoms with van der Waals surface area (Å²) in [6.45, 7) is 3.86. The topological polar surface area (TPSA) is 74.6 Å². The molecule has 1 fully saturated rings. The van der Waals surface area contributed by atoms with Crippen molar-refractivity contribution in [1.82, 2.24) is 0 Å². The third-order valence-corrected chi connectivity index (χ3v) is 5.73. The summed E-state index contributed by atoms with van der Waals surface area (Å²) < 4.78 is 0. The van der Waals surface area contributed by atoms with Crippen molar-refractivity contribution in [3.05, 3.63) is 24.3 Å². The van der Waals surface area contributed by atoms with Crippen molar-refractivity contribution in [3.8, 4) is 0 Å². The second-order valence-electron chi connectivity index (χ2n) is 6.98. The van der Waals surface area contributed by atoms with Crippen molar-refractivity contribution in [2.75, 3.05) is 0 Å². The van der Waals surface area contributed by atoms with Crippen LogP contribution in [0, 0.1) is 23.7 Å². The van der Waals surface area contributed by atoms with Gasteiger partial charge in [0.05, 0.1) is 0 Å². The monoisotopic (exact) mass is 304 g/mol. The summed E-state index contributed by atoms with van der Waals surface area (Å²) >= 11 is 0. The number of carbonyl (C=O) groups excluding carboxylic acids is 2. The summed E-state index contributed by atoms with van der Waals surface area (Å²) in [4.78, 5) is 25.1. The van der Waals surface area contributed by atoms with Crippen molar-refractivity contribution < 1.29 is 19.8 Å². The van der Waals surface area contributed by atoms with E-state index in [1.165, 1.54) is 6.08 Å². The van der Waals surface area contributed by atoms with E-state index in [2.05, 4.69) is 0 Å². The summed E-state index contributed by atoms with van der Waals surface area (Å²) in [5, 5.41) is 22.1. The zero-order chi connectivity index (χ0) is 16.1. The highest BCUT2D eigenvalue weighted by Gasteiger charge is 2.65. The molecule has 4 aliphatic rings. The maximum absolute atomic E-state index is 12.7. The number of aliphatic hydroxyl groups is 2. The van der Waals surface area contributed by atoms with Crippen LogP contribution in [0.2, 0.25) is 0 Å². The summed E-state index contributed by atoms with van der Waals surface area (Å²) in [5.41, 5.74) is -2.91. The Morgan fingerprint density at radius 1 is 1.00 bits per heavy atom. The zero-order valence-corrected chi connectivity index (χ0v) is 13.2. The van der Waals surface area contributed by atoms with E-state index in [1.54, 1.807) is 6.08 Å². The van der Waals surface area contributed by atoms with Gasteiger partial charge in [-0.05, 0) is 24.8 Å². The van der Waals surface area contributed by atoms with Gasteiger partial charge in [0.15, 0.2) is 11.6 Å². The van der Waals surface area contributed by atoms with Crippen LogP contribution in [-0.4, -0.2) is 33.0 Å². The fourth-order valence-electron chi connectivity index (χ4n) is 4.83. The molecule has 120 valence electrons. The quantitative estimate of drug-likeness (QED) is 0.777. The second kappa shape index (κ2) is 5.14. The molecule has 0 heterocycles. The van der Waals surface area contributed by atoms with Crippen LogP contribution >= 0.6 is 0 Å². The molecule has 0 saturated heterocycles. The summed E-state index contributed by atoms with van der Waals surface area (Å²) in [5.74, 6) is -1.95. The molecule has 0 amide bonds. The molecule has 4 heteroatoms. The van der Waals surface area contributed by atoms with Gasteiger partial charge in [0.1, 0.15) is 11.2 Å². The van der Waals surface area contributed by atoms with Crippen LogP contribution in [0.15, 0.2) is 24.3 Å². The Balaban J connectivity index is 2.11. The molecule has 0 aromatic heterocycles. The van der Waals surface area contributed by atoms with Crippen LogP contribution in [0.1, 0.15) is 39.5 Å². The molecular formula is C18H24O4. The highest BCUT2D eigenvalue weighted by atomic mass is 16.3. The van der Waals surface area contributed by atoms with Crippen LogP contribution in [0.5, 0.6) is 0 Å². The van der Waals surface area contributed by atoms with Crippen molar-refractivity contribution in [3.63, 3.8) is 0 Å². The lowest BCUT2D eigenvalue weighted by Gasteiger charge is -2.57. The van der Waals surface area contributed by atoms with Gasteiger partial charge >= 0.3 is 0 Å². The third-order valence-electron chi connectivity index (χ3n) is 5.73. The molecule has 4 nitrogen and oxygen atoms in total. The Morgan fingerprint density at radius 2 is 1.64 bits per heavy atom. The van der Waals surface area contributed by atoms with Crippen molar-refractivity contribution in [1.29, 1.82) is 0 Å². The number of ketones is 2. The van der Waals surface area contributed by atoms with Crippen molar-refractivity contribution in [2.24, 2.45) is 23.7 Å². The van der Waals surface area contributed by atoms with E-state index >= 15 is 0 Å². The van der Waals surface area contributed by atoms with Gasteiger partial charge in [-0.1, -0.05) is 44.9 Å². The van der Waals surface area contributed by atoms with Gasteiger partial charge in [0.25, 0.3) is 0 Å². The average molecular weight is 304 g/mol. The Hall–Kier alpha value is -1.26. The van der Waals surface area contributed by atoms with Gasteiger partial charge in [0.2, 0.25) is 0 Å². The van der Waals surface area contributed by atoms with Gasteiger partial charge in [-0.3, -0.25) is 9.59 Å². The van der Waals surface area contributed by atoms with Crippen LogP contribution in [0.25, 0.3) is 0 Å². The fraction of sp³-hybridized carbons (Fsp3) is 0.667. The number of allylic oxidation sites excluding steroid dienone is 2. The third kappa shape index (κ3) is 1.83. The normalized spacial score (nSPS) is 46.2. The molecule has 2 bridgehead atoms. The lowest BCUT2D eigenvalue weighted by Crippen LogP contribution is -2.67. The zero-order valence-electron chi connectivity index (χ0n) is 13.2. The van der Waals surface area contributed by atoms with Gasteiger partial charge in [-0.15, -0.1) is 0 Å². The molecule has 6 atom stereocenters. The summed E-state index contributed by atoms with van der Waals surface area (Å²) in [6, 6.07) is 0. The Kier molecular flexibility index (Phi) is 3.65. The number of fused-ring (bicyclic) bond motifs is 1. The summed E-state index contributed by atoms with van der Waals surface area (Å²) in [6.07, 6.45) is 9.01. The standard InChI is InChI=1S/C18H24O4/c1-3-9-17(21)13-7-5-12(16(17)20)11-6-8-14(19)18(22,10-4-2)15(11)13/h5-8,11-13,15,21-22H,3-4,9-10H2,1-2H3/t11?,12-,13+,15?,17-,18+/m1/s1. The first-order valence-electron chi connectivity index (χ1n) is 8.30. The molecular weight excluding hydrogens is 280 g/mol. The van der Waals surface area contributed by atoms with E-state index in [0.717, 1.165) is 0 Å². The molecule has 0 aromatic rings. The van der Waals surface area contributed by atoms with Gasteiger partial charge in [-0.2, -0.15) is 0 Å². The van der Waals surface area contributed by atoms with Crippen LogP contribution < -0.4 is 0 Å². The Bertz CT molecular complexity index is 563. The average Bonchev–Trinajstić information content (AvgIpc) is 2.48. The molecule has 4 aliphatic carbocycles. The number of hydrogen-bond donors (Lipinski definition) is 2. The maximum atomic E-state index is 12.7. The minimum Gasteiger partial charge on any atom is -0.381 e. The Labute approximate surface area is 130 Å². The first-order valence-corrected chi connectivity index (χ1v) is 8.30. The van der Waals surface area contributed by atoms with E-state index in [-0.39, 0.29) is 17.5 Å². The van der Waals surface area contributed by atoms with Crippen molar-refractivity contribution >= 4 is 11.6 Å². The molecule has 2 unspecified atom stereocenters. The van der Waals surface area contributed by atoms with Crippen LogP contribution in [0.4, 0.5) is 0 Å². The summed E-state index contributed by atoms with van der Waals surface area (Å²) in [7, 11) is 0. The van der Waals surface area contributed by atoms with Crippen LogP contribution in [-0.2, 0) is 9.59 Å². The lowest BCUT2D eigenvalue weighted by atomic mass is 9.48. The fourth-order valence-corrected chi connectivity index (χ4v) is 4.83. The molecule has 0 radical (unpaired) electrons. The highest BCUT2D eigenvalue weighted by Crippen LogP contribution is 2.56. The van der Waals surface area contributed by atoms with Gasteiger partial charge in [-0.25, -0.2) is 0 Å². The number of carbonyl (C=O) groups is 2. The number of hydrogen-bond acceptors (Lipinski definition) is 4. The second-order valence-corrected chi connectivity index (χ2v) is 6.98. The first-order chi connectivity index (χ1) is 10.4. The molecule has 0 spiro atoms. The molecule has 1 saturated carbocycles. The van der Waals surface area contributed by atoms with Crippen molar-refractivity contribution in [2.45, 2.75) is 50.7 Å². The minimum absolute atomic E-state index is 0.152. The van der Waals surface area contributed by atoms with Gasteiger partial charge in [0, 0.05) is 17.8 Å². The van der Waals surface area contributed by atoms with Crippen LogP contribution in [0.3, 0.4) is 0 Å². The molecule has 0 aromatic carbocycles. The molecule has 2 N–H and O–H groups in total. The molecule has 22 heavy (non-hydrogen) atoms. The largest absolute Gasteiger partial charge is 0.381 e. The molecule has 0 aliphatic heterocycles. The first kappa shape index (κ1) is 15.6. The van der Waals surface area contributed by atoms with Gasteiger partial charge < -0.3 is 10.2 Å². The minimum atomic E-state index is -1.47. The Morgan fingerprint density at radius 3 is 2.27 bits per heavy atom. The van der Waals surface area contributed by atoms with E-state index in [1.807, 2.05) is 26.0 Å². The number of Topliss-reactive ketones (excluding diaryl/α,β-unsaturated/α-hetero) is 1. The highest BCUT2D eigenvalue weighted by molar-refractivity contribution is 6.00.